The molecule has 2 nitrogen and oxygen atoms in total. The molecule has 0 amide bonds. The number of phenolic OH excluding ortho intramolecular Hbond substituents is 1. The van der Waals surface area contributed by atoms with E-state index >= 15 is 0 Å². The summed E-state index contributed by atoms with van der Waals surface area (Å²) in [6.07, 6.45) is 0. The Morgan fingerprint density at radius 3 is 2.62 bits per heavy atom. The van der Waals surface area contributed by atoms with Gasteiger partial charge in [-0.3, -0.25) is 0 Å². The van der Waals surface area contributed by atoms with E-state index in [1.54, 1.807) is 17.4 Å². The first-order chi connectivity index (χ1) is 7.65. The van der Waals surface area contributed by atoms with Crippen LogP contribution in [0.4, 0.5) is 5.69 Å². The Labute approximate surface area is 99.6 Å². The smallest absolute Gasteiger partial charge is 0.120 e. The third-order valence-corrected chi connectivity index (χ3v) is 3.47. The Balaban J connectivity index is 2.02. The van der Waals surface area contributed by atoms with E-state index in [2.05, 4.69) is 24.4 Å². The molecule has 2 rings (SSSR count). The van der Waals surface area contributed by atoms with Gasteiger partial charge in [-0.15, -0.1) is 11.3 Å². The van der Waals surface area contributed by atoms with E-state index in [9.17, 15) is 5.11 Å². The lowest BCUT2D eigenvalue weighted by atomic mass is 10.2. The van der Waals surface area contributed by atoms with Crippen molar-refractivity contribution in [1.29, 1.82) is 0 Å². The lowest BCUT2D eigenvalue weighted by molar-refractivity contribution is 0.471. The minimum absolute atomic E-state index is 0.340. The largest absolute Gasteiger partial charge is 0.508 e. The summed E-state index contributed by atoms with van der Waals surface area (Å²) in [5, 5.41) is 12.9. The van der Waals surface area contributed by atoms with Crippen molar-refractivity contribution in [1.82, 2.24) is 0 Å². The van der Waals surface area contributed by atoms with Gasteiger partial charge in [0.25, 0.3) is 0 Å². The molecule has 0 aliphatic rings. The highest BCUT2D eigenvalue weighted by atomic mass is 32.1. The van der Waals surface area contributed by atoms with Crippen LogP contribution < -0.4 is 5.32 Å². The number of thiophene rings is 1. The lowest BCUT2D eigenvalue weighted by Crippen LogP contribution is -1.97. The summed E-state index contributed by atoms with van der Waals surface area (Å²) in [4.78, 5) is 2.63. The summed E-state index contributed by atoms with van der Waals surface area (Å²) in [5.41, 5.74) is 1.85. The van der Waals surface area contributed by atoms with Crippen molar-refractivity contribution in [3.05, 3.63) is 45.6 Å². The van der Waals surface area contributed by atoms with Crippen LogP contribution >= 0.6 is 11.3 Å². The van der Waals surface area contributed by atoms with Gasteiger partial charge in [-0.25, -0.2) is 0 Å². The SMILES string of the molecule is Cc1ccc(CNc2ccc(C)c(O)c2)s1. The number of hydrogen-bond donors (Lipinski definition) is 2. The highest BCUT2D eigenvalue weighted by Crippen LogP contribution is 2.22. The minimum Gasteiger partial charge on any atom is -0.508 e. The van der Waals surface area contributed by atoms with Crippen LogP contribution in [0.1, 0.15) is 15.3 Å². The van der Waals surface area contributed by atoms with Gasteiger partial charge in [0.05, 0.1) is 0 Å². The molecule has 3 heteroatoms. The molecular weight excluding hydrogens is 218 g/mol. The number of phenols is 1. The molecule has 1 aromatic heterocycles. The van der Waals surface area contributed by atoms with Gasteiger partial charge < -0.3 is 10.4 Å². The standard InChI is InChI=1S/C13H15NOS/c1-9-3-5-11(7-13(9)15)14-8-12-6-4-10(2)16-12/h3-7,14-15H,8H2,1-2H3. The summed E-state index contributed by atoms with van der Waals surface area (Å²) in [6.45, 7) is 4.80. The monoisotopic (exact) mass is 233 g/mol. The van der Waals surface area contributed by atoms with Gasteiger partial charge in [0.1, 0.15) is 5.75 Å². The van der Waals surface area contributed by atoms with Crippen molar-refractivity contribution in [3.63, 3.8) is 0 Å². The van der Waals surface area contributed by atoms with E-state index in [1.807, 2.05) is 19.1 Å². The van der Waals surface area contributed by atoms with Gasteiger partial charge in [0.15, 0.2) is 0 Å². The third kappa shape index (κ3) is 2.55. The number of anilines is 1. The predicted octanol–water partition coefficient (Wildman–Crippen LogP) is 3.68. The number of aromatic hydroxyl groups is 1. The molecule has 0 saturated heterocycles. The first kappa shape index (κ1) is 11.0. The fourth-order valence-electron chi connectivity index (χ4n) is 1.49. The molecule has 1 heterocycles. The predicted molar refractivity (Wildman–Crippen MR) is 69.2 cm³/mol. The first-order valence-electron chi connectivity index (χ1n) is 5.24. The molecular formula is C13H15NOS. The normalized spacial score (nSPS) is 10.4. The molecule has 0 aliphatic heterocycles. The molecule has 0 fully saturated rings. The molecule has 1 aromatic carbocycles. The molecule has 2 aromatic rings. The second-order valence-electron chi connectivity index (χ2n) is 3.87. The quantitative estimate of drug-likeness (QED) is 0.847. The maximum atomic E-state index is 9.56. The van der Waals surface area contributed by atoms with E-state index in [4.69, 9.17) is 0 Å². The Hall–Kier alpha value is -1.48. The van der Waals surface area contributed by atoms with Crippen molar-refractivity contribution in [3.8, 4) is 5.75 Å². The summed E-state index contributed by atoms with van der Waals surface area (Å²) in [5.74, 6) is 0.340. The van der Waals surface area contributed by atoms with Crippen molar-refractivity contribution in [2.75, 3.05) is 5.32 Å². The second-order valence-corrected chi connectivity index (χ2v) is 5.24. The number of nitrogens with one attached hydrogen (secondary N) is 1. The van der Waals surface area contributed by atoms with E-state index in [1.165, 1.54) is 9.75 Å². The van der Waals surface area contributed by atoms with Crippen LogP contribution in [-0.4, -0.2) is 5.11 Å². The molecule has 0 bridgehead atoms. The van der Waals surface area contributed by atoms with E-state index in [0.717, 1.165) is 17.8 Å². The van der Waals surface area contributed by atoms with E-state index < -0.39 is 0 Å². The zero-order valence-electron chi connectivity index (χ0n) is 9.45. The van der Waals surface area contributed by atoms with Crippen molar-refractivity contribution in [2.24, 2.45) is 0 Å². The average Bonchev–Trinajstić information content (AvgIpc) is 2.66. The Morgan fingerprint density at radius 2 is 2.00 bits per heavy atom. The molecule has 0 unspecified atom stereocenters. The maximum absolute atomic E-state index is 9.56. The first-order valence-corrected chi connectivity index (χ1v) is 6.05. The van der Waals surface area contributed by atoms with Gasteiger partial charge in [-0.1, -0.05) is 6.07 Å². The highest BCUT2D eigenvalue weighted by molar-refractivity contribution is 7.11. The summed E-state index contributed by atoms with van der Waals surface area (Å²) in [7, 11) is 0. The van der Waals surface area contributed by atoms with Gasteiger partial charge in [-0.2, -0.15) is 0 Å². The Kier molecular flexibility index (Phi) is 3.15. The van der Waals surface area contributed by atoms with Gasteiger partial charge >= 0.3 is 0 Å². The van der Waals surface area contributed by atoms with E-state index in [-0.39, 0.29) is 0 Å². The molecule has 84 valence electrons. The highest BCUT2D eigenvalue weighted by Gasteiger charge is 1.99. The molecule has 0 saturated carbocycles. The second kappa shape index (κ2) is 4.58. The van der Waals surface area contributed by atoms with E-state index in [0.29, 0.717) is 5.75 Å². The minimum atomic E-state index is 0.340. The molecule has 0 atom stereocenters. The summed E-state index contributed by atoms with van der Waals surface area (Å²) < 4.78 is 0. The summed E-state index contributed by atoms with van der Waals surface area (Å²) >= 11 is 1.79. The third-order valence-electron chi connectivity index (χ3n) is 2.47. The fourth-order valence-corrected chi connectivity index (χ4v) is 2.32. The van der Waals surface area contributed by atoms with Gasteiger partial charge in [0, 0.05) is 28.1 Å². The molecule has 16 heavy (non-hydrogen) atoms. The van der Waals surface area contributed by atoms with Crippen LogP contribution in [0.15, 0.2) is 30.3 Å². The van der Waals surface area contributed by atoms with Gasteiger partial charge in [0.2, 0.25) is 0 Å². The maximum Gasteiger partial charge on any atom is 0.120 e. The number of aryl methyl sites for hydroxylation is 2. The lowest BCUT2D eigenvalue weighted by Gasteiger charge is -2.06. The molecule has 0 radical (unpaired) electrons. The van der Waals surface area contributed by atoms with Gasteiger partial charge in [-0.05, 0) is 37.6 Å². The molecule has 2 N–H and O–H groups in total. The molecule has 0 spiro atoms. The van der Waals surface area contributed by atoms with Crippen LogP contribution in [0.5, 0.6) is 5.75 Å². The Bertz CT molecular complexity index is 490. The topological polar surface area (TPSA) is 32.3 Å². The number of rotatable bonds is 3. The van der Waals surface area contributed by atoms with Crippen LogP contribution in [0.25, 0.3) is 0 Å². The Morgan fingerprint density at radius 1 is 1.19 bits per heavy atom. The summed E-state index contributed by atoms with van der Waals surface area (Å²) in [6, 6.07) is 9.90. The van der Waals surface area contributed by atoms with Crippen LogP contribution in [0, 0.1) is 13.8 Å². The number of benzene rings is 1. The molecule has 0 aliphatic carbocycles. The van der Waals surface area contributed by atoms with Crippen LogP contribution in [-0.2, 0) is 6.54 Å². The van der Waals surface area contributed by atoms with Crippen LogP contribution in [0.3, 0.4) is 0 Å². The van der Waals surface area contributed by atoms with Crippen LogP contribution in [0.2, 0.25) is 0 Å². The zero-order valence-corrected chi connectivity index (χ0v) is 10.3. The van der Waals surface area contributed by atoms with Crippen molar-refractivity contribution >= 4 is 17.0 Å². The zero-order chi connectivity index (χ0) is 11.5. The number of hydrogen-bond acceptors (Lipinski definition) is 3. The van der Waals surface area contributed by atoms with Crippen molar-refractivity contribution in [2.45, 2.75) is 20.4 Å². The average molecular weight is 233 g/mol. The fraction of sp³-hybridized carbons (Fsp3) is 0.231. The van der Waals surface area contributed by atoms with Crippen molar-refractivity contribution < 1.29 is 5.11 Å².